The number of rotatable bonds is 8. The predicted octanol–water partition coefficient (Wildman–Crippen LogP) is 4.19. The first-order chi connectivity index (χ1) is 12.0. The molecule has 0 radical (unpaired) electrons. The highest BCUT2D eigenvalue weighted by Crippen LogP contribution is 2.29. The van der Waals surface area contributed by atoms with Crippen molar-refractivity contribution >= 4 is 18.0 Å². The zero-order chi connectivity index (χ0) is 18.4. The highest BCUT2D eigenvalue weighted by atomic mass is 32.2. The average Bonchev–Trinajstić information content (AvgIpc) is 2.98. The van der Waals surface area contributed by atoms with E-state index < -0.39 is 0 Å². The summed E-state index contributed by atoms with van der Waals surface area (Å²) in [6, 6.07) is 5.81. The van der Waals surface area contributed by atoms with Crippen LogP contribution in [-0.2, 0) is 0 Å². The van der Waals surface area contributed by atoms with Gasteiger partial charge in [-0.15, -0.1) is 10.2 Å². The Morgan fingerprint density at radius 1 is 1.20 bits per heavy atom. The highest BCUT2D eigenvalue weighted by molar-refractivity contribution is 7.98. The highest BCUT2D eigenvalue weighted by Gasteiger charge is 2.13. The zero-order valence-corrected chi connectivity index (χ0v) is 16.5. The fraction of sp³-hybridized carbons (Fsp3) is 0.500. The first kappa shape index (κ1) is 19.3. The molecule has 6 nitrogen and oxygen atoms in total. The van der Waals surface area contributed by atoms with Gasteiger partial charge in [0.1, 0.15) is 0 Å². The van der Waals surface area contributed by atoms with Crippen LogP contribution in [-0.4, -0.2) is 40.1 Å². The molecule has 0 aliphatic heterocycles. The van der Waals surface area contributed by atoms with Crippen LogP contribution in [0.2, 0.25) is 0 Å². The van der Waals surface area contributed by atoms with E-state index >= 15 is 0 Å². The van der Waals surface area contributed by atoms with Crippen molar-refractivity contribution in [3.63, 3.8) is 0 Å². The molecule has 0 spiro atoms. The molecule has 7 heteroatoms. The Morgan fingerprint density at radius 2 is 1.96 bits per heavy atom. The number of benzene rings is 1. The number of ether oxygens (including phenoxy) is 2. The second-order valence-electron chi connectivity index (χ2n) is 6.06. The topological polar surface area (TPSA) is 61.5 Å². The van der Waals surface area contributed by atoms with Crippen LogP contribution in [0.3, 0.4) is 0 Å². The molecule has 25 heavy (non-hydrogen) atoms. The Labute approximate surface area is 153 Å². The molecule has 1 heterocycles. The molecule has 0 saturated carbocycles. The third kappa shape index (κ3) is 4.98. The lowest BCUT2D eigenvalue weighted by atomic mass is 10.2. The Balaban J connectivity index is 2.32. The minimum absolute atomic E-state index is 0.0912. The lowest BCUT2D eigenvalue weighted by molar-refractivity contribution is 0.224. The second-order valence-corrected chi connectivity index (χ2v) is 6.84. The van der Waals surface area contributed by atoms with E-state index in [1.54, 1.807) is 10.9 Å². The molecule has 0 aliphatic rings. The fourth-order valence-corrected chi connectivity index (χ4v) is 2.66. The van der Waals surface area contributed by atoms with E-state index in [0.29, 0.717) is 6.61 Å². The lowest BCUT2D eigenvalue weighted by Gasteiger charge is -2.14. The molecule has 2 rings (SSSR count). The fourth-order valence-electron chi connectivity index (χ4n) is 2.22. The Bertz CT molecular complexity index is 726. The molecule has 0 fully saturated rings. The summed E-state index contributed by atoms with van der Waals surface area (Å²) in [7, 11) is 0. The third-order valence-electron chi connectivity index (χ3n) is 3.29. The van der Waals surface area contributed by atoms with Crippen LogP contribution in [0.25, 0.3) is 0 Å². The van der Waals surface area contributed by atoms with Gasteiger partial charge in [-0.05, 0) is 50.8 Å². The molecule has 2 aromatic rings. The molecule has 0 atom stereocenters. The van der Waals surface area contributed by atoms with Crippen LogP contribution in [0.4, 0.5) is 0 Å². The van der Waals surface area contributed by atoms with Gasteiger partial charge in [0.2, 0.25) is 5.16 Å². The number of hydrogen-bond acceptors (Lipinski definition) is 6. The van der Waals surface area contributed by atoms with Crippen molar-refractivity contribution in [2.75, 3.05) is 12.9 Å². The molecule has 0 aliphatic carbocycles. The summed E-state index contributed by atoms with van der Waals surface area (Å²) < 4.78 is 13.3. The number of nitrogens with zero attached hydrogens (tertiary/aromatic N) is 4. The average molecular weight is 362 g/mol. The van der Waals surface area contributed by atoms with Crippen molar-refractivity contribution in [1.29, 1.82) is 0 Å². The third-order valence-corrected chi connectivity index (χ3v) is 3.91. The minimum Gasteiger partial charge on any atom is -0.490 e. The van der Waals surface area contributed by atoms with Crippen LogP contribution in [0.1, 0.15) is 51.9 Å². The van der Waals surface area contributed by atoms with Crippen LogP contribution >= 0.6 is 11.8 Å². The van der Waals surface area contributed by atoms with Crippen molar-refractivity contribution < 1.29 is 9.47 Å². The van der Waals surface area contributed by atoms with Gasteiger partial charge in [0.05, 0.1) is 18.9 Å². The molecule has 1 aromatic carbocycles. The Hall–Kier alpha value is -2.02. The first-order valence-electron chi connectivity index (χ1n) is 8.43. The summed E-state index contributed by atoms with van der Waals surface area (Å²) in [5.74, 6) is 2.54. The van der Waals surface area contributed by atoms with Gasteiger partial charge < -0.3 is 9.47 Å². The Kier molecular flexibility index (Phi) is 6.87. The number of aromatic nitrogens is 3. The van der Waals surface area contributed by atoms with Gasteiger partial charge in [-0.3, -0.25) is 0 Å². The molecular weight excluding hydrogens is 336 g/mol. The molecule has 0 unspecified atom stereocenters. The minimum atomic E-state index is 0.0912. The normalized spacial score (nSPS) is 11.7. The monoisotopic (exact) mass is 362 g/mol. The maximum absolute atomic E-state index is 5.79. The van der Waals surface area contributed by atoms with Gasteiger partial charge in [0.15, 0.2) is 17.3 Å². The summed E-state index contributed by atoms with van der Waals surface area (Å²) in [5, 5.41) is 13.7. The molecule has 0 saturated heterocycles. The quantitative estimate of drug-likeness (QED) is 0.520. The van der Waals surface area contributed by atoms with Gasteiger partial charge in [0.25, 0.3) is 0 Å². The maximum atomic E-state index is 5.79. The first-order valence-corrected chi connectivity index (χ1v) is 9.65. The number of thioether (sulfide) groups is 1. The van der Waals surface area contributed by atoms with E-state index in [2.05, 4.69) is 29.1 Å². The second kappa shape index (κ2) is 8.89. The maximum Gasteiger partial charge on any atom is 0.211 e. The number of hydrogen-bond donors (Lipinski definition) is 0. The van der Waals surface area contributed by atoms with E-state index in [9.17, 15) is 0 Å². The molecule has 0 amide bonds. The van der Waals surface area contributed by atoms with Crippen molar-refractivity contribution in [3.8, 4) is 11.5 Å². The molecule has 0 bridgehead atoms. The van der Waals surface area contributed by atoms with E-state index in [4.69, 9.17) is 9.47 Å². The zero-order valence-electron chi connectivity index (χ0n) is 15.7. The van der Waals surface area contributed by atoms with Crippen molar-refractivity contribution in [3.05, 3.63) is 29.6 Å². The van der Waals surface area contributed by atoms with Crippen LogP contribution < -0.4 is 9.47 Å². The van der Waals surface area contributed by atoms with E-state index in [1.165, 1.54) is 11.8 Å². The molecular formula is C18H26N4O2S. The standard InChI is InChI=1S/C18H26N4O2S/c1-7-23-16-10-14(8-9-15(16)24-13(4)5)11-19-22-17(12(2)3)20-21-18(22)25-6/h8-13H,7H2,1-6H3/b19-11-. The smallest absolute Gasteiger partial charge is 0.211 e. The van der Waals surface area contributed by atoms with Gasteiger partial charge in [0, 0.05) is 5.92 Å². The van der Waals surface area contributed by atoms with Gasteiger partial charge in [-0.25, -0.2) is 0 Å². The van der Waals surface area contributed by atoms with Crippen LogP contribution in [0.5, 0.6) is 11.5 Å². The van der Waals surface area contributed by atoms with E-state index in [1.807, 2.05) is 45.2 Å². The molecule has 0 N–H and O–H groups in total. The van der Waals surface area contributed by atoms with E-state index in [0.717, 1.165) is 28.0 Å². The van der Waals surface area contributed by atoms with E-state index in [-0.39, 0.29) is 12.0 Å². The van der Waals surface area contributed by atoms with Crippen LogP contribution in [0, 0.1) is 0 Å². The molecule has 1 aromatic heterocycles. The summed E-state index contributed by atoms with van der Waals surface area (Å²) in [6.45, 7) is 10.7. The van der Waals surface area contributed by atoms with Crippen molar-refractivity contribution in [1.82, 2.24) is 14.9 Å². The van der Waals surface area contributed by atoms with Crippen LogP contribution in [0.15, 0.2) is 28.5 Å². The van der Waals surface area contributed by atoms with Crippen molar-refractivity contribution in [2.45, 2.75) is 51.8 Å². The molecule has 136 valence electrons. The van der Waals surface area contributed by atoms with Crippen molar-refractivity contribution in [2.24, 2.45) is 5.10 Å². The lowest BCUT2D eigenvalue weighted by Crippen LogP contribution is -2.07. The summed E-state index contributed by atoms with van der Waals surface area (Å²) in [4.78, 5) is 0. The summed E-state index contributed by atoms with van der Waals surface area (Å²) in [5.41, 5.74) is 0.926. The van der Waals surface area contributed by atoms with Gasteiger partial charge >= 0.3 is 0 Å². The Morgan fingerprint density at radius 3 is 2.56 bits per heavy atom. The SMILES string of the molecule is CCOc1cc(/C=N\n2c(SC)nnc2C(C)C)ccc1OC(C)C. The predicted molar refractivity (Wildman–Crippen MR) is 102 cm³/mol. The summed E-state index contributed by atoms with van der Waals surface area (Å²) >= 11 is 1.52. The summed E-state index contributed by atoms with van der Waals surface area (Å²) in [6.07, 6.45) is 3.84. The van der Waals surface area contributed by atoms with Gasteiger partial charge in [-0.1, -0.05) is 25.6 Å². The largest absolute Gasteiger partial charge is 0.490 e. The van der Waals surface area contributed by atoms with Gasteiger partial charge in [-0.2, -0.15) is 9.78 Å².